The van der Waals surface area contributed by atoms with Gasteiger partial charge in [0.05, 0.1) is 18.7 Å². The molecule has 0 saturated heterocycles. The maximum absolute atomic E-state index is 13.5. The van der Waals surface area contributed by atoms with E-state index in [0.717, 1.165) is 12.1 Å². The van der Waals surface area contributed by atoms with E-state index >= 15 is 0 Å². The molecule has 0 radical (unpaired) electrons. The molecule has 0 atom stereocenters. The summed E-state index contributed by atoms with van der Waals surface area (Å²) in [6.45, 7) is -0.511. The summed E-state index contributed by atoms with van der Waals surface area (Å²) in [5.41, 5.74) is 1.37. The van der Waals surface area contributed by atoms with Crippen LogP contribution in [0.15, 0.2) is 71.9 Å². The molecular weight excluding hydrogens is 510 g/mol. The third-order valence-electron chi connectivity index (χ3n) is 5.90. The number of anilines is 2. The predicted octanol–water partition coefficient (Wildman–Crippen LogP) is 2.76. The number of imidazole rings is 1. The number of hydrogen-bond acceptors (Lipinski definition) is 5. The van der Waals surface area contributed by atoms with Crippen molar-refractivity contribution in [2.45, 2.75) is 6.54 Å². The van der Waals surface area contributed by atoms with Gasteiger partial charge in [0.2, 0.25) is 5.91 Å². The maximum atomic E-state index is 13.5. The molecule has 12 heteroatoms. The van der Waals surface area contributed by atoms with Crippen LogP contribution >= 0.6 is 0 Å². The Labute approximate surface area is 219 Å². The van der Waals surface area contributed by atoms with Gasteiger partial charge in [0.25, 0.3) is 17.4 Å². The number of halogens is 2. The van der Waals surface area contributed by atoms with Crippen LogP contribution in [0.1, 0.15) is 27.3 Å². The van der Waals surface area contributed by atoms with E-state index in [-0.39, 0.29) is 18.0 Å². The Bertz CT molecular complexity index is 1690. The fraction of sp³-hybridized carbons (Fsp3) is 0.0741. The van der Waals surface area contributed by atoms with E-state index in [1.807, 2.05) is 0 Å². The molecule has 0 saturated carbocycles. The van der Waals surface area contributed by atoms with Crippen LogP contribution in [-0.2, 0) is 16.1 Å². The normalized spacial score (nSPS) is 13.2. The molecule has 2 aromatic heterocycles. The van der Waals surface area contributed by atoms with E-state index in [9.17, 15) is 28.0 Å². The molecule has 0 bridgehead atoms. The number of hydrogen-bond donors (Lipinski definition) is 4. The summed E-state index contributed by atoms with van der Waals surface area (Å²) in [7, 11) is 0. The minimum Gasteiger partial charge on any atom is -0.345 e. The molecule has 0 spiro atoms. The molecule has 4 N–H and O–H groups in total. The number of H-pyrrole nitrogens is 1. The van der Waals surface area contributed by atoms with Crippen LogP contribution in [0.25, 0.3) is 11.6 Å². The van der Waals surface area contributed by atoms with Crippen molar-refractivity contribution in [1.29, 1.82) is 0 Å². The van der Waals surface area contributed by atoms with Gasteiger partial charge in [0.1, 0.15) is 11.4 Å². The van der Waals surface area contributed by atoms with Gasteiger partial charge in [0.15, 0.2) is 11.6 Å². The number of carbonyl (C=O) groups is 3. The van der Waals surface area contributed by atoms with Crippen molar-refractivity contribution in [3.63, 3.8) is 0 Å². The van der Waals surface area contributed by atoms with Gasteiger partial charge in [-0.15, -0.1) is 0 Å². The number of pyridine rings is 1. The second-order valence-electron chi connectivity index (χ2n) is 8.58. The minimum atomic E-state index is -1.04. The van der Waals surface area contributed by atoms with Crippen molar-refractivity contribution in [2.24, 2.45) is 0 Å². The van der Waals surface area contributed by atoms with Gasteiger partial charge in [0, 0.05) is 35.5 Å². The molecule has 2 aromatic carbocycles. The van der Waals surface area contributed by atoms with E-state index in [4.69, 9.17) is 0 Å². The Morgan fingerprint density at radius 3 is 2.67 bits per heavy atom. The van der Waals surface area contributed by atoms with Crippen molar-refractivity contribution >= 4 is 40.7 Å². The first-order chi connectivity index (χ1) is 18.8. The fourth-order valence-electron chi connectivity index (χ4n) is 4.03. The van der Waals surface area contributed by atoms with Crippen LogP contribution < -0.4 is 21.5 Å². The maximum Gasteiger partial charge on any atom is 0.263 e. The summed E-state index contributed by atoms with van der Waals surface area (Å²) >= 11 is 0. The Morgan fingerprint density at radius 1 is 1.05 bits per heavy atom. The molecule has 1 aliphatic heterocycles. The molecular formula is C27H20F2N6O4. The van der Waals surface area contributed by atoms with Crippen LogP contribution in [-0.4, -0.2) is 38.8 Å². The van der Waals surface area contributed by atoms with Gasteiger partial charge in [-0.05, 0) is 54.1 Å². The molecule has 0 aliphatic carbocycles. The number of amides is 3. The van der Waals surface area contributed by atoms with Crippen molar-refractivity contribution in [2.75, 3.05) is 17.2 Å². The molecule has 0 unspecified atom stereocenters. The number of fused-ring (bicyclic) bond motifs is 1. The summed E-state index contributed by atoms with van der Waals surface area (Å²) in [6, 6.07) is 10.9. The lowest BCUT2D eigenvalue weighted by molar-refractivity contribution is -0.115. The zero-order valence-corrected chi connectivity index (χ0v) is 20.1. The second-order valence-corrected chi connectivity index (χ2v) is 8.58. The van der Waals surface area contributed by atoms with Crippen LogP contribution in [0, 0.1) is 11.6 Å². The molecule has 0 fully saturated rings. The highest BCUT2D eigenvalue weighted by atomic mass is 19.2. The van der Waals surface area contributed by atoms with Gasteiger partial charge in [-0.3, -0.25) is 19.2 Å². The first-order valence-electron chi connectivity index (χ1n) is 11.7. The molecule has 3 heterocycles. The smallest absolute Gasteiger partial charge is 0.263 e. The highest BCUT2D eigenvalue weighted by molar-refractivity contribution is 6.35. The molecule has 39 heavy (non-hydrogen) atoms. The molecule has 3 amide bonds. The Morgan fingerprint density at radius 2 is 1.90 bits per heavy atom. The monoisotopic (exact) mass is 530 g/mol. The summed E-state index contributed by atoms with van der Waals surface area (Å²) in [5.74, 6) is -3.20. The Kier molecular flexibility index (Phi) is 6.83. The highest BCUT2D eigenvalue weighted by Crippen LogP contribution is 2.34. The standard InChI is InChI=1S/C27H20F2N6O4/c28-20-5-3-15(10-21(20)29)14-35-9-1-2-17(27(35)39)25(37)32-13-24(36)33-16-4-6-22-18(11-16)19(26(38)34-22)12-23-30-7-8-31-23/h1-12H,13-14H2,(H,30,31)(H,32,37)(H,33,36)(H,34,38)/b19-12-. The molecule has 10 nitrogen and oxygen atoms in total. The summed E-state index contributed by atoms with van der Waals surface area (Å²) in [4.78, 5) is 57.3. The average Bonchev–Trinajstić information content (AvgIpc) is 3.54. The number of carbonyl (C=O) groups excluding carboxylic acids is 3. The van der Waals surface area contributed by atoms with Crippen molar-refractivity contribution in [1.82, 2.24) is 19.9 Å². The highest BCUT2D eigenvalue weighted by Gasteiger charge is 2.25. The number of nitrogens with zero attached hydrogens (tertiary/aromatic N) is 2. The van der Waals surface area contributed by atoms with Crippen molar-refractivity contribution in [3.05, 3.63) is 112 Å². The molecule has 1 aliphatic rings. The van der Waals surface area contributed by atoms with Gasteiger partial charge >= 0.3 is 0 Å². The van der Waals surface area contributed by atoms with Crippen LogP contribution in [0.5, 0.6) is 0 Å². The predicted molar refractivity (Wildman–Crippen MR) is 139 cm³/mol. The van der Waals surface area contributed by atoms with E-state index in [1.165, 1.54) is 29.0 Å². The first kappa shape index (κ1) is 25.3. The van der Waals surface area contributed by atoms with Gasteiger partial charge < -0.3 is 25.5 Å². The largest absolute Gasteiger partial charge is 0.345 e. The fourth-order valence-corrected chi connectivity index (χ4v) is 4.03. The lowest BCUT2D eigenvalue weighted by Gasteiger charge is -2.10. The number of benzene rings is 2. The summed E-state index contributed by atoms with van der Waals surface area (Å²) < 4.78 is 27.9. The molecule has 196 valence electrons. The molecule has 4 aromatic rings. The van der Waals surface area contributed by atoms with Gasteiger partial charge in [-0.1, -0.05) is 6.07 Å². The number of rotatable bonds is 7. The van der Waals surface area contributed by atoms with Gasteiger partial charge in [-0.2, -0.15) is 0 Å². The quantitative estimate of drug-likeness (QED) is 0.272. The molecule has 5 rings (SSSR count). The average molecular weight is 530 g/mol. The van der Waals surface area contributed by atoms with E-state index < -0.39 is 35.6 Å². The van der Waals surface area contributed by atoms with E-state index in [0.29, 0.717) is 33.9 Å². The first-order valence-corrected chi connectivity index (χ1v) is 11.7. The zero-order chi connectivity index (χ0) is 27.5. The third kappa shape index (κ3) is 5.49. The zero-order valence-electron chi connectivity index (χ0n) is 20.1. The summed E-state index contributed by atoms with van der Waals surface area (Å²) in [6.07, 6.45) is 6.19. The van der Waals surface area contributed by atoms with E-state index in [1.54, 1.807) is 36.7 Å². The number of aromatic amines is 1. The van der Waals surface area contributed by atoms with Crippen LogP contribution in [0.4, 0.5) is 20.2 Å². The van der Waals surface area contributed by atoms with E-state index in [2.05, 4.69) is 25.9 Å². The third-order valence-corrected chi connectivity index (χ3v) is 5.90. The topological polar surface area (TPSA) is 138 Å². The van der Waals surface area contributed by atoms with Crippen LogP contribution in [0.2, 0.25) is 0 Å². The second kappa shape index (κ2) is 10.5. The lowest BCUT2D eigenvalue weighted by Crippen LogP contribution is -2.37. The van der Waals surface area contributed by atoms with Crippen molar-refractivity contribution in [3.8, 4) is 0 Å². The Hall–Kier alpha value is -5.39. The summed E-state index contributed by atoms with van der Waals surface area (Å²) in [5, 5.41) is 7.79. The van der Waals surface area contributed by atoms with Crippen LogP contribution in [0.3, 0.4) is 0 Å². The SMILES string of the molecule is O=C(CNC(=O)c1cccn(Cc2ccc(F)c(F)c2)c1=O)Nc1ccc2c(c1)/C(=C/c1ncc[nH]1)C(=O)N2. The Balaban J connectivity index is 1.23. The number of nitrogens with one attached hydrogen (secondary N) is 4. The van der Waals surface area contributed by atoms with Gasteiger partial charge in [-0.25, -0.2) is 13.8 Å². The van der Waals surface area contributed by atoms with Crippen molar-refractivity contribution < 1.29 is 23.2 Å². The minimum absolute atomic E-state index is 0.0797. The number of aromatic nitrogens is 3. The lowest BCUT2D eigenvalue weighted by atomic mass is 10.1.